The topological polar surface area (TPSA) is 0 Å². The van der Waals surface area contributed by atoms with E-state index in [1.807, 2.05) is 0 Å². The van der Waals surface area contributed by atoms with Crippen molar-refractivity contribution in [2.24, 2.45) is 0 Å². The molecule has 0 aliphatic rings. The minimum absolute atomic E-state index is 0. The van der Waals surface area contributed by atoms with Crippen LogP contribution in [0.4, 0.5) is 0 Å². The fourth-order valence-corrected chi connectivity index (χ4v) is 0. The third-order valence-electron chi connectivity index (χ3n) is 0. The standard InChI is InChI=1S/3Au.Dy. The molecule has 0 heterocycles. The van der Waals surface area contributed by atoms with Crippen molar-refractivity contribution in [3.63, 3.8) is 0 Å². The molecule has 3 radical (unpaired) electrons. The van der Waals surface area contributed by atoms with Crippen LogP contribution in [0.1, 0.15) is 0 Å². The molecular weight excluding hydrogens is 753 g/mol. The van der Waals surface area contributed by atoms with E-state index in [4.69, 9.17) is 0 Å². The zero-order valence-corrected chi connectivity index (χ0v) is 9.75. The summed E-state index contributed by atoms with van der Waals surface area (Å²) in [4.78, 5) is 0. The van der Waals surface area contributed by atoms with Gasteiger partial charge in [-0.3, -0.25) is 0 Å². The van der Waals surface area contributed by atoms with Crippen molar-refractivity contribution in [3.8, 4) is 0 Å². The van der Waals surface area contributed by atoms with Crippen LogP contribution in [0.5, 0.6) is 0 Å². The predicted octanol–water partition coefficient (Wildman–Crippen LogP) is -0.00750. The maximum Gasteiger partial charge on any atom is 0 e. The molecule has 0 atom stereocenters. The SMILES string of the molecule is [Au].[Au].[Au].[Dy]. The molecule has 0 spiro atoms. The van der Waals surface area contributed by atoms with Gasteiger partial charge in [0.15, 0.2) is 0 Å². The van der Waals surface area contributed by atoms with Crippen LogP contribution in [0.25, 0.3) is 0 Å². The van der Waals surface area contributed by atoms with Crippen molar-refractivity contribution in [1.29, 1.82) is 0 Å². The van der Waals surface area contributed by atoms with Crippen LogP contribution in [-0.2, 0) is 67.1 Å². The van der Waals surface area contributed by atoms with E-state index >= 15 is 0 Å². The normalized spacial score (nSPS) is 0. The molecule has 0 aliphatic carbocycles. The van der Waals surface area contributed by atoms with Crippen LogP contribution in [0, 0.1) is 38.2 Å². The summed E-state index contributed by atoms with van der Waals surface area (Å²) in [5, 5.41) is 0. The molecule has 0 saturated carbocycles. The summed E-state index contributed by atoms with van der Waals surface area (Å²) in [6.07, 6.45) is 0. The molecule has 4 heteroatoms. The summed E-state index contributed by atoms with van der Waals surface area (Å²) < 4.78 is 0. The molecule has 0 aliphatic heterocycles. The molecule has 43 valence electrons. The molecular formula is Au3Dy. The number of hydrogen-bond donors (Lipinski definition) is 0. The fraction of sp³-hybridized carbons (Fsp3) is 0. The summed E-state index contributed by atoms with van der Waals surface area (Å²) in [6.45, 7) is 0. The second kappa shape index (κ2) is 16.1. The second-order valence-electron chi connectivity index (χ2n) is 0. The van der Waals surface area contributed by atoms with Gasteiger partial charge in [0.1, 0.15) is 0 Å². The predicted molar refractivity (Wildman–Crippen MR) is 0 cm³/mol. The van der Waals surface area contributed by atoms with E-state index in [0.29, 0.717) is 0 Å². The first-order valence-electron chi connectivity index (χ1n) is 0. The van der Waals surface area contributed by atoms with Crippen LogP contribution < -0.4 is 0 Å². The molecule has 4 heavy (non-hydrogen) atoms. The van der Waals surface area contributed by atoms with E-state index in [1.54, 1.807) is 0 Å². The van der Waals surface area contributed by atoms with Gasteiger partial charge in [0.2, 0.25) is 0 Å². The van der Waals surface area contributed by atoms with Crippen molar-refractivity contribution >= 4 is 0 Å². The Bertz CT molecular complexity index is 3.25. The van der Waals surface area contributed by atoms with Crippen LogP contribution in [0.2, 0.25) is 0 Å². The first-order valence-corrected chi connectivity index (χ1v) is 0. The average Bonchev–Trinajstić information content (AvgIpc) is 0. The molecule has 0 aromatic heterocycles. The third kappa shape index (κ3) is 9.09. The van der Waals surface area contributed by atoms with E-state index < -0.39 is 0 Å². The summed E-state index contributed by atoms with van der Waals surface area (Å²) in [6, 6.07) is 0. The minimum Gasteiger partial charge on any atom is 0 e. The number of hydrogen-bond acceptors (Lipinski definition) is 0. The molecule has 0 unspecified atom stereocenters. The van der Waals surface area contributed by atoms with E-state index in [0.717, 1.165) is 0 Å². The van der Waals surface area contributed by atoms with Crippen LogP contribution in [0.3, 0.4) is 0 Å². The van der Waals surface area contributed by atoms with E-state index in [1.165, 1.54) is 0 Å². The largest absolute Gasteiger partial charge is 0 e. The molecule has 0 nitrogen and oxygen atoms in total. The van der Waals surface area contributed by atoms with Gasteiger partial charge in [0, 0.05) is 105 Å². The smallest absolute Gasteiger partial charge is 0 e. The zero-order chi connectivity index (χ0) is 0. The minimum atomic E-state index is 0. The van der Waals surface area contributed by atoms with Crippen molar-refractivity contribution in [1.82, 2.24) is 0 Å². The third-order valence-corrected chi connectivity index (χ3v) is 0. The summed E-state index contributed by atoms with van der Waals surface area (Å²) in [7, 11) is 0. The first-order chi connectivity index (χ1) is 0. The van der Waals surface area contributed by atoms with Gasteiger partial charge in [-0.05, 0) is 0 Å². The monoisotopic (exact) mass is 755 g/mol. The van der Waals surface area contributed by atoms with E-state index in [-0.39, 0.29) is 105 Å². The Morgan fingerprint density at radius 1 is 0.500 bits per heavy atom. The second-order valence-corrected chi connectivity index (χ2v) is 0. The van der Waals surface area contributed by atoms with Gasteiger partial charge in [-0.1, -0.05) is 0 Å². The molecule has 0 aromatic rings. The maximum atomic E-state index is 0. The molecule has 0 saturated heterocycles. The Labute approximate surface area is 103 Å². The fourth-order valence-electron chi connectivity index (χ4n) is 0. The molecule has 0 rings (SSSR count). The van der Waals surface area contributed by atoms with Gasteiger partial charge in [0.05, 0.1) is 0 Å². The van der Waals surface area contributed by atoms with Crippen LogP contribution in [0.15, 0.2) is 0 Å². The van der Waals surface area contributed by atoms with Gasteiger partial charge < -0.3 is 0 Å². The van der Waals surface area contributed by atoms with E-state index in [9.17, 15) is 0 Å². The summed E-state index contributed by atoms with van der Waals surface area (Å²) in [5.74, 6) is 0. The van der Waals surface area contributed by atoms with Crippen molar-refractivity contribution in [3.05, 3.63) is 0 Å². The molecule has 0 N–H and O–H groups in total. The molecule has 0 bridgehead atoms. The van der Waals surface area contributed by atoms with Gasteiger partial charge >= 0.3 is 0 Å². The molecule has 0 aromatic carbocycles. The Balaban J connectivity index is 0. The van der Waals surface area contributed by atoms with Gasteiger partial charge in [-0.2, -0.15) is 0 Å². The Morgan fingerprint density at radius 2 is 0.500 bits per heavy atom. The van der Waals surface area contributed by atoms with Crippen LogP contribution in [-0.4, -0.2) is 0 Å². The number of rotatable bonds is 0. The Kier molecular flexibility index (Phi) is 104. The Morgan fingerprint density at radius 3 is 0.500 bits per heavy atom. The summed E-state index contributed by atoms with van der Waals surface area (Å²) >= 11 is 0. The van der Waals surface area contributed by atoms with Gasteiger partial charge in [-0.15, -0.1) is 0 Å². The average molecular weight is 753 g/mol. The van der Waals surface area contributed by atoms with E-state index in [2.05, 4.69) is 0 Å². The molecule has 0 fully saturated rings. The maximum absolute atomic E-state index is 0. The van der Waals surface area contributed by atoms with Gasteiger partial charge in [0.25, 0.3) is 0 Å². The van der Waals surface area contributed by atoms with Crippen molar-refractivity contribution in [2.75, 3.05) is 0 Å². The quantitative estimate of drug-likeness (QED) is 0.306. The molecule has 0 amide bonds. The van der Waals surface area contributed by atoms with Crippen LogP contribution >= 0.6 is 0 Å². The summed E-state index contributed by atoms with van der Waals surface area (Å²) in [5.41, 5.74) is 0. The Hall–Kier alpha value is 3.49. The van der Waals surface area contributed by atoms with Gasteiger partial charge in [-0.25, -0.2) is 0 Å². The van der Waals surface area contributed by atoms with Crippen molar-refractivity contribution < 1.29 is 105 Å². The zero-order valence-electron chi connectivity index (χ0n) is 1.22. The first kappa shape index (κ1) is 25.9. The van der Waals surface area contributed by atoms with Crippen molar-refractivity contribution in [2.45, 2.75) is 0 Å².